The third-order valence-electron chi connectivity index (χ3n) is 2.12. The molecule has 2 rings (SSSR count). The van der Waals surface area contributed by atoms with Gasteiger partial charge in [0.25, 0.3) is 0 Å². The molecule has 0 aliphatic heterocycles. The normalized spacial score (nSPS) is 10.4. The molecule has 16 heavy (non-hydrogen) atoms. The highest BCUT2D eigenvalue weighted by molar-refractivity contribution is 5.01. The maximum atomic E-state index is 3.95. The van der Waals surface area contributed by atoms with Crippen molar-refractivity contribution in [2.45, 2.75) is 39.5 Å². The summed E-state index contributed by atoms with van der Waals surface area (Å²) in [6, 6.07) is 1.99. The number of nitrogens with zero attached hydrogens (tertiary/aromatic N) is 3. The summed E-state index contributed by atoms with van der Waals surface area (Å²) in [6.45, 7) is 8.40. The maximum absolute atomic E-state index is 3.95. The van der Waals surface area contributed by atoms with Crippen LogP contribution in [0, 0.1) is 0 Å². The van der Waals surface area contributed by atoms with Crippen LogP contribution >= 0.6 is 0 Å². The second-order valence-corrected chi connectivity index (χ2v) is 4.19. The number of hydrogen-bond donors (Lipinski definition) is 2. The molecule has 2 N–H and O–H groups in total. The fourth-order valence-electron chi connectivity index (χ4n) is 1.08. The summed E-state index contributed by atoms with van der Waals surface area (Å²) in [4.78, 5) is 3.95. The number of aromatic amines is 2. The lowest BCUT2D eigenvalue weighted by molar-refractivity contribution is 0.781. The van der Waals surface area contributed by atoms with Gasteiger partial charge in [-0.05, 0) is 12.0 Å². The highest BCUT2D eigenvalue weighted by Gasteiger charge is 1.98. The Labute approximate surface area is 95.7 Å². The molecule has 88 valence electrons. The van der Waals surface area contributed by atoms with E-state index in [-0.39, 0.29) is 0 Å². The fraction of sp³-hybridized carbons (Fsp3) is 0.545. The van der Waals surface area contributed by atoms with Gasteiger partial charge >= 0.3 is 0 Å². The molecule has 0 spiro atoms. The van der Waals surface area contributed by atoms with Gasteiger partial charge in [0.05, 0.1) is 0 Å². The molecule has 5 nitrogen and oxygen atoms in total. The largest absolute Gasteiger partial charge is 0.282 e. The molecule has 5 heteroatoms. The van der Waals surface area contributed by atoms with Crippen molar-refractivity contribution < 1.29 is 0 Å². The first-order valence-electron chi connectivity index (χ1n) is 5.45. The van der Waals surface area contributed by atoms with Crippen molar-refractivity contribution in [3.8, 4) is 0 Å². The Bertz CT molecular complexity index is 323. The van der Waals surface area contributed by atoms with Crippen LogP contribution in [0.4, 0.5) is 0 Å². The molecule has 0 aliphatic carbocycles. The average molecular weight is 221 g/mol. The van der Waals surface area contributed by atoms with Crippen LogP contribution in [0.5, 0.6) is 0 Å². The van der Waals surface area contributed by atoms with Crippen LogP contribution in [0.3, 0.4) is 0 Å². The Hall–Kier alpha value is -1.65. The first-order valence-corrected chi connectivity index (χ1v) is 5.45. The fourth-order valence-corrected chi connectivity index (χ4v) is 1.08. The van der Waals surface area contributed by atoms with Crippen molar-refractivity contribution in [3.63, 3.8) is 0 Å². The molecule has 0 aliphatic rings. The van der Waals surface area contributed by atoms with E-state index in [1.807, 2.05) is 6.07 Å². The Morgan fingerprint density at radius 1 is 1.00 bits per heavy atom. The maximum Gasteiger partial charge on any atom is 0.137 e. The Morgan fingerprint density at radius 3 is 2.00 bits per heavy atom. The molecule has 0 atom stereocenters. The van der Waals surface area contributed by atoms with Crippen LogP contribution in [0.25, 0.3) is 0 Å². The summed E-state index contributed by atoms with van der Waals surface area (Å²) < 4.78 is 0. The van der Waals surface area contributed by atoms with Crippen molar-refractivity contribution in [1.82, 2.24) is 25.4 Å². The van der Waals surface area contributed by atoms with Crippen LogP contribution in [0.2, 0.25) is 0 Å². The van der Waals surface area contributed by atoms with E-state index >= 15 is 0 Å². The van der Waals surface area contributed by atoms with Crippen molar-refractivity contribution >= 4 is 0 Å². The minimum Gasteiger partial charge on any atom is -0.282 e. The van der Waals surface area contributed by atoms with Crippen LogP contribution < -0.4 is 0 Å². The van der Waals surface area contributed by atoms with Gasteiger partial charge in [-0.2, -0.15) is 10.2 Å². The van der Waals surface area contributed by atoms with E-state index in [0.29, 0.717) is 11.8 Å². The zero-order valence-corrected chi connectivity index (χ0v) is 10.2. The number of hydrogen-bond acceptors (Lipinski definition) is 3. The molecule has 2 aromatic heterocycles. The third-order valence-corrected chi connectivity index (χ3v) is 2.12. The topological polar surface area (TPSA) is 70.2 Å². The molecular weight excluding hydrogens is 202 g/mol. The quantitative estimate of drug-likeness (QED) is 0.818. The number of rotatable bonds is 2. The average Bonchev–Trinajstić information content (AvgIpc) is 2.93. The van der Waals surface area contributed by atoms with Crippen LogP contribution in [-0.4, -0.2) is 25.4 Å². The molecular formula is C11H19N5. The van der Waals surface area contributed by atoms with Gasteiger partial charge in [-0.15, -0.1) is 0 Å². The number of nitrogens with one attached hydrogen (secondary N) is 2. The zero-order valence-electron chi connectivity index (χ0n) is 10.2. The SMILES string of the molecule is CC(C)c1ccn[nH]1.CC(C)c1ncn[nH]1. The third kappa shape index (κ3) is 3.84. The summed E-state index contributed by atoms with van der Waals surface area (Å²) >= 11 is 0. The van der Waals surface area contributed by atoms with E-state index in [0.717, 1.165) is 5.82 Å². The first kappa shape index (κ1) is 12.4. The Morgan fingerprint density at radius 2 is 1.75 bits per heavy atom. The molecule has 0 aromatic carbocycles. The predicted molar refractivity (Wildman–Crippen MR) is 63.1 cm³/mol. The van der Waals surface area contributed by atoms with E-state index in [9.17, 15) is 0 Å². The lowest BCUT2D eigenvalue weighted by Gasteiger charge is -1.95. The van der Waals surface area contributed by atoms with Gasteiger partial charge < -0.3 is 0 Å². The van der Waals surface area contributed by atoms with E-state index in [4.69, 9.17) is 0 Å². The standard InChI is InChI=1S/C6H10N2.C5H9N3/c1-5(2)6-3-4-7-8-6;1-4(2)5-6-3-7-8-5/h3-5H,1-2H3,(H,7,8);3-4H,1-2H3,(H,6,7,8). The predicted octanol–water partition coefficient (Wildman–Crippen LogP) is 2.46. The molecule has 0 fully saturated rings. The van der Waals surface area contributed by atoms with Crippen LogP contribution in [0.15, 0.2) is 18.6 Å². The van der Waals surface area contributed by atoms with Crippen LogP contribution in [0.1, 0.15) is 51.0 Å². The first-order chi connectivity index (χ1) is 7.61. The van der Waals surface area contributed by atoms with Crippen molar-refractivity contribution in [2.75, 3.05) is 0 Å². The Kier molecular flexibility index (Phi) is 4.69. The summed E-state index contributed by atoms with van der Waals surface area (Å²) in [5.74, 6) is 1.97. The number of H-pyrrole nitrogens is 2. The summed E-state index contributed by atoms with van der Waals surface area (Å²) in [5, 5.41) is 13.2. The lowest BCUT2D eigenvalue weighted by Crippen LogP contribution is -1.88. The Balaban J connectivity index is 0.000000160. The van der Waals surface area contributed by atoms with Crippen LogP contribution in [-0.2, 0) is 0 Å². The summed E-state index contributed by atoms with van der Waals surface area (Å²) in [7, 11) is 0. The smallest absolute Gasteiger partial charge is 0.137 e. The molecule has 0 amide bonds. The second kappa shape index (κ2) is 6.05. The summed E-state index contributed by atoms with van der Waals surface area (Å²) in [5.41, 5.74) is 1.20. The van der Waals surface area contributed by atoms with Crippen molar-refractivity contribution in [3.05, 3.63) is 30.1 Å². The minimum atomic E-state index is 0.456. The molecule has 0 saturated heterocycles. The van der Waals surface area contributed by atoms with Gasteiger partial charge in [-0.1, -0.05) is 27.7 Å². The highest BCUT2D eigenvalue weighted by atomic mass is 15.2. The van der Waals surface area contributed by atoms with Gasteiger partial charge in [0.15, 0.2) is 0 Å². The van der Waals surface area contributed by atoms with E-state index in [1.54, 1.807) is 6.20 Å². The molecule has 2 heterocycles. The van der Waals surface area contributed by atoms with Gasteiger partial charge in [-0.25, -0.2) is 4.98 Å². The van der Waals surface area contributed by atoms with Gasteiger partial charge in [0.1, 0.15) is 12.2 Å². The van der Waals surface area contributed by atoms with E-state index in [2.05, 4.69) is 53.1 Å². The molecule has 0 unspecified atom stereocenters. The summed E-state index contributed by atoms with van der Waals surface area (Å²) in [6.07, 6.45) is 3.30. The van der Waals surface area contributed by atoms with Gasteiger partial charge in [-0.3, -0.25) is 10.2 Å². The monoisotopic (exact) mass is 221 g/mol. The molecule has 2 aromatic rings. The zero-order chi connectivity index (χ0) is 12.0. The molecule has 0 saturated carbocycles. The van der Waals surface area contributed by atoms with E-state index < -0.39 is 0 Å². The van der Waals surface area contributed by atoms with E-state index in [1.165, 1.54) is 12.0 Å². The highest BCUT2D eigenvalue weighted by Crippen LogP contribution is 2.07. The van der Waals surface area contributed by atoms with Crippen molar-refractivity contribution in [1.29, 1.82) is 0 Å². The lowest BCUT2D eigenvalue weighted by atomic mass is 10.1. The van der Waals surface area contributed by atoms with Gasteiger partial charge in [0.2, 0.25) is 0 Å². The minimum absolute atomic E-state index is 0.456. The number of aromatic nitrogens is 5. The van der Waals surface area contributed by atoms with Crippen molar-refractivity contribution in [2.24, 2.45) is 0 Å². The second-order valence-electron chi connectivity index (χ2n) is 4.19. The molecule has 0 bridgehead atoms. The molecule has 0 radical (unpaired) electrons. The van der Waals surface area contributed by atoms with Gasteiger partial charge in [0, 0.05) is 17.8 Å².